The fraction of sp³-hybridized carbons (Fsp3) is 0.136. The maximum absolute atomic E-state index is 13.2. The van der Waals surface area contributed by atoms with Gasteiger partial charge in [0, 0.05) is 11.4 Å². The van der Waals surface area contributed by atoms with Gasteiger partial charge in [-0.2, -0.15) is 0 Å². The summed E-state index contributed by atoms with van der Waals surface area (Å²) in [5, 5.41) is 10.7. The van der Waals surface area contributed by atoms with E-state index in [1.54, 1.807) is 11.8 Å². The van der Waals surface area contributed by atoms with Crippen molar-refractivity contribution in [2.75, 3.05) is 4.90 Å². The number of aliphatic hydroxyl groups excluding tert-OH is 1. The van der Waals surface area contributed by atoms with Crippen LogP contribution in [0.15, 0.2) is 91.0 Å². The first-order chi connectivity index (χ1) is 12.2. The minimum atomic E-state index is -0.858. The number of rotatable bonds is 5. The highest BCUT2D eigenvalue weighted by Gasteiger charge is 2.29. The summed E-state index contributed by atoms with van der Waals surface area (Å²) < 4.78 is 0. The number of nitrogens with zero attached hydrogens (tertiary/aromatic N) is 1. The van der Waals surface area contributed by atoms with E-state index in [4.69, 9.17) is 0 Å². The first-order valence-electron chi connectivity index (χ1n) is 8.35. The van der Waals surface area contributed by atoms with Crippen molar-refractivity contribution < 1.29 is 9.90 Å². The minimum Gasteiger partial charge on any atom is -0.388 e. The number of carbonyl (C=O) groups excluding carboxylic acids is 1. The zero-order valence-corrected chi connectivity index (χ0v) is 14.1. The van der Waals surface area contributed by atoms with E-state index in [1.165, 1.54) is 0 Å². The molecular weight excluding hydrogens is 310 g/mol. The molecule has 0 fully saturated rings. The predicted molar refractivity (Wildman–Crippen MR) is 101 cm³/mol. The minimum absolute atomic E-state index is 0.145. The zero-order chi connectivity index (χ0) is 17.6. The summed E-state index contributed by atoms with van der Waals surface area (Å²) in [5.41, 5.74) is 2.31. The molecule has 0 aliphatic heterocycles. The van der Waals surface area contributed by atoms with Crippen molar-refractivity contribution in [3.63, 3.8) is 0 Å². The lowest BCUT2D eigenvalue weighted by Crippen LogP contribution is -2.34. The van der Waals surface area contributed by atoms with Crippen molar-refractivity contribution >= 4 is 17.3 Å². The number of hydrogen-bond donors (Lipinski definition) is 1. The Morgan fingerprint density at radius 1 is 0.760 bits per heavy atom. The molecular formula is C22H21NO2. The highest BCUT2D eigenvalue weighted by molar-refractivity contribution is 6.01. The lowest BCUT2D eigenvalue weighted by molar-refractivity contribution is -0.124. The van der Waals surface area contributed by atoms with Crippen molar-refractivity contribution in [1.29, 1.82) is 0 Å². The number of carbonyl (C=O) groups is 1. The third kappa shape index (κ3) is 3.78. The first kappa shape index (κ1) is 16.9. The molecule has 0 aromatic heterocycles. The van der Waals surface area contributed by atoms with E-state index < -0.39 is 12.0 Å². The smallest absolute Gasteiger partial charge is 0.237 e. The summed E-state index contributed by atoms with van der Waals surface area (Å²) in [6, 6.07) is 28.3. The van der Waals surface area contributed by atoms with E-state index in [9.17, 15) is 9.90 Å². The van der Waals surface area contributed by atoms with E-state index in [1.807, 2.05) is 91.0 Å². The number of hydrogen-bond acceptors (Lipinski definition) is 2. The molecule has 0 aliphatic rings. The molecule has 3 nitrogen and oxygen atoms in total. The third-order valence-corrected chi connectivity index (χ3v) is 4.25. The van der Waals surface area contributed by atoms with Crippen LogP contribution in [0.25, 0.3) is 0 Å². The second-order valence-corrected chi connectivity index (χ2v) is 5.99. The fourth-order valence-corrected chi connectivity index (χ4v) is 2.84. The highest BCUT2D eigenvalue weighted by atomic mass is 16.3. The van der Waals surface area contributed by atoms with Crippen molar-refractivity contribution in [2.24, 2.45) is 5.92 Å². The van der Waals surface area contributed by atoms with Crippen molar-refractivity contribution in [2.45, 2.75) is 13.0 Å². The Morgan fingerprint density at radius 3 is 1.60 bits per heavy atom. The molecule has 0 bridgehead atoms. The van der Waals surface area contributed by atoms with Crippen LogP contribution in [0.2, 0.25) is 0 Å². The molecule has 0 saturated heterocycles. The third-order valence-electron chi connectivity index (χ3n) is 4.25. The second kappa shape index (κ2) is 7.77. The topological polar surface area (TPSA) is 40.5 Å². The molecule has 3 rings (SSSR count). The number of benzene rings is 3. The Kier molecular flexibility index (Phi) is 5.26. The molecule has 0 radical (unpaired) electrons. The second-order valence-electron chi connectivity index (χ2n) is 5.99. The Labute approximate surface area is 148 Å². The largest absolute Gasteiger partial charge is 0.388 e. The van der Waals surface area contributed by atoms with Gasteiger partial charge < -0.3 is 5.11 Å². The summed E-state index contributed by atoms with van der Waals surface area (Å²) in [6.45, 7) is 1.76. The van der Waals surface area contributed by atoms with Crippen LogP contribution in [0.5, 0.6) is 0 Å². The molecule has 3 aromatic rings. The van der Waals surface area contributed by atoms with Crippen molar-refractivity contribution in [1.82, 2.24) is 0 Å². The first-order valence-corrected chi connectivity index (χ1v) is 8.35. The van der Waals surface area contributed by atoms with Gasteiger partial charge in [0.05, 0.1) is 12.0 Å². The van der Waals surface area contributed by atoms with Crippen LogP contribution in [0, 0.1) is 5.92 Å². The quantitative estimate of drug-likeness (QED) is 0.735. The average molecular weight is 331 g/mol. The number of amides is 1. The van der Waals surface area contributed by atoms with E-state index in [0.29, 0.717) is 0 Å². The zero-order valence-electron chi connectivity index (χ0n) is 14.1. The van der Waals surface area contributed by atoms with Crippen molar-refractivity contribution in [3.8, 4) is 0 Å². The molecule has 126 valence electrons. The molecule has 3 heteroatoms. The Bertz CT molecular complexity index is 764. The Hall–Kier alpha value is -2.91. The Balaban J connectivity index is 1.94. The maximum Gasteiger partial charge on any atom is 0.237 e. The average Bonchev–Trinajstić information content (AvgIpc) is 2.69. The van der Waals surface area contributed by atoms with Gasteiger partial charge in [-0.3, -0.25) is 9.69 Å². The van der Waals surface area contributed by atoms with Crippen LogP contribution in [0.4, 0.5) is 11.4 Å². The van der Waals surface area contributed by atoms with Gasteiger partial charge in [0.25, 0.3) is 0 Å². The normalized spacial score (nSPS) is 13.0. The molecule has 3 aromatic carbocycles. The summed E-state index contributed by atoms with van der Waals surface area (Å²) in [4.78, 5) is 14.9. The summed E-state index contributed by atoms with van der Waals surface area (Å²) in [7, 11) is 0. The SMILES string of the molecule is C[C@@H](C(=O)N(c1ccccc1)c1ccccc1)[C@@H](O)c1ccccc1. The molecule has 1 amide bonds. The van der Waals surface area contributed by atoms with Crippen LogP contribution in [-0.4, -0.2) is 11.0 Å². The van der Waals surface area contributed by atoms with E-state index in [0.717, 1.165) is 16.9 Å². The highest BCUT2D eigenvalue weighted by Crippen LogP contribution is 2.31. The maximum atomic E-state index is 13.2. The monoisotopic (exact) mass is 331 g/mol. The molecule has 0 heterocycles. The molecule has 0 saturated carbocycles. The summed E-state index contributed by atoms with van der Waals surface area (Å²) >= 11 is 0. The Morgan fingerprint density at radius 2 is 1.16 bits per heavy atom. The van der Waals surface area contributed by atoms with Crippen LogP contribution in [0.1, 0.15) is 18.6 Å². The molecule has 0 unspecified atom stereocenters. The fourth-order valence-electron chi connectivity index (χ4n) is 2.84. The van der Waals surface area contributed by atoms with Gasteiger partial charge in [0.15, 0.2) is 0 Å². The van der Waals surface area contributed by atoms with Crippen LogP contribution in [0.3, 0.4) is 0 Å². The molecule has 2 atom stereocenters. The van der Waals surface area contributed by atoms with Gasteiger partial charge >= 0.3 is 0 Å². The molecule has 0 spiro atoms. The molecule has 0 aliphatic carbocycles. The molecule has 1 N–H and O–H groups in total. The van der Waals surface area contributed by atoms with Gasteiger partial charge in [-0.05, 0) is 29.8 Å². The molecule has 25 heavy (non-hydrogen) atoms. The van der Waals surface area contributed by atoms with E-state index >= 15 is 0 Å². The van der Waals surface area contributed by atoms with Crippen LogP contribution >= 0.6 is 0 Å². The lowest BCUT2D eigenvalue weighted by atomic mass is 9.95. The summed E-state index contributed by atoms with van der Waals surface area (Å²) in [6.07, 6.45) is -0.858. The predicted octanol–water partition coefficient (Wildman–Crippen LogP) is 4.72. The number of para-hydroxylation sites is 2. The van der Waals surface area contributed by atoms with Crippen LogP contribution < -0.4 is 4.90 Å². The van der Waals surface area contributed by atoms with Gasteiger partial charge in [0.2, 0.25) is 5.91 Å². The lowest BCUT2D eigenvalue weighted by Gasteiger charge is -2.28. The number of anilines is 2. The summed E-state index contributed by atoms with van der Waals surface area (Å²) in [5.74, 6) is -0.725. The van der Waals surface area contributed by atoms with Crippen molar-refractivity contribution in [3.05, 3.63) is 96.6 Å². The standard InChI is InChI=1S/C22H21NO2/c1-17(21(24)18-11-5-2-6-12-18)22(25)23(19-13-7-3-8-14-19)20-15-9-4-10-16-20/h2-17,21,24H,1H3/t17-,21-/m1/s1. The van der Waals surface area contributed by atoms with Crippen LogP contribution in [-0.2, 0) is 4.79 Å². The van der Waals surface area contributed by atoms with Gasteiger partial charge in [0.1, 0.15) is 0 Å². The van der Waals surface area contributed by atoms with E-state index in [2.05, 4.69) is 0 Å². The van der Waals surface area contributed by atoms with Gasteiger partial charge in [-0.1, -0.05) is 73.7 Å². The number of aliphatic hydroxyl groups is 1. The van der Waals surface area contributed by atoms with Gasteiger partial charge in [-0.15, -0.1) is 0 Å². The van der Waals surface area contributed by atoms with Gasteiger partial charge in [-0.25, -0.2) is 0 Å². The van der Waals surface area contributed by atoms with E-state index in [-0.39, 0.29) is 5.91 Å².